The molecule has 1 unspecified atom stereocenters. The monoisotopic (exact) mass is 508 g/mol. The van der Waals surface area contributed by atoms with Crippen LogP contribution in [0.2, 0.25) is 0 Å². The van der Waals surface area contributed by atoms with E-state index in [1.165, 1.54) is 0 Å². The maximum Gasteiger partial charge on any atom is 0.416 e. The summed E-state index contributed by atoms with van der Waals surface area (Å²) in [5, 5.41) is 10.2. The second-order valence-electron chi connectivity index (χ2n) is 9.19. The maximum atomic E-state index is 13.5. The molecule has 0 saturated carbocycles. The highest BCUT2D eigenvalue weighted by Crippen LogP contribution is 2.40. The minimum absolute atomic E-state index is 0.0355. The van der Waals surface area contributed by atoms with Gasteiger partial charge in [-0.15, -0.1) is 0 Å². The van der Waals surface area contributed by atoms with E-state index >= 15 is 0 Å². The lowest BCUT2D eigenvalue weighted by Crippen LogP contribution is -2.55. The van der Waals surface area contributed by atoms with Gasteiger partial charge >= 0.3 is 12.4 Å². The van der Waals surface area contributed by atoms with Gasteiger partial charge < -0.3 is 10.0 Å². The van der Waals surface area contributed by atoms with Crippen LogP contribution in [0.3, 0.4) is 0 Å². The summed E-state index contributed by atoms with van der Waals surface area (Å²) in [5.74, 6) is 0.153. The number of phenolic OH excluding ortho intramolecular Hbond substituents is 1. The quantitative estimate of drug-likeness (QED) is 0.388. The largest absolute Gasteiger partial charge is 0.506 e. The van der Waals surface area contributed by atoms with E-state index in [2.05, 4.69) is 4.90 Å². The summed E-state index contributed by atoms with van der Waals surface area (Å²) in [5.41, 5.74) is -2.04. The summed E-state index contributed by atoms with van der Waals surface area (Å²) in [6.07, 6.45) is -9.84. The molecule has 0 radical (unpaired) electrons. The molecule has 3 aromatic carbocycles. The van der Waals surface area contributed by atoms with Gasteiger partial charge in [0, 0.05) is 31.7 Å². The van der Waals surface area contributed by atoms with E-state index in [1.807, 2.05) is 42.2 Å². The molecular weight excluding hydrogens is 482 g/mol. The van der Waals surface area contributed by atoms with Gasteiger partial charge in [0.05, 0.1) is 16.8 Å². The predicted molar refractivity (Wildman–Crippen MR) is 126 cm³/mol. The van der Waals surface area contributed by atoms with Crippen molar-refractivity contribution in [3.8, 4) is 5.75 Å². The number of anilines is 1. The van der Waals surface area contributed by atoms with Gasteiger partial charge in [-0.25, -0.2) is 0 Å². The van der Waals surface area contributed by atoms with Crippen LogP contribution < -0.4 is 4.90 Å². The average molecular weight is 509 g/mol. The first kappa shape index (κ1) is 25.9. The van der Waals surface area contributed by atoms with Crippen LogP contribution in [-0.2, 0) is 24.3 Å². The fourth-order valence-electron chi connectivity index (χ4n) is 4.88. The van der Waals surface area contributed by atoms with Crippen LogP contribution in [0.4, 0.5) is 32.0 Å². The minimum atomic E-state index is -4.90. The summed E-state index contributed by atoms with van der Waals surface area (Å²) < 4.78 is 80.9. The van der Waals surface area contributed by atoms with Crippen molar-refractivity contribution in [2.75, 3.05) is 31.1 Å². The molecule has 36 heavy (non-hydrogen) atoms. The third kappa shape index (κ3) is 5.46. The summed E-state index contributed by atoms with van der Waals surface area (Å²) in [6, 6.07) is 17.8. The second kappa shape index (κ2) is 9.69. The Morgan fingerprint density at radius 1 is 0.694 bits per heavy atom. The van der Waals surface area contributed by atoms with Crippen molar-refractivity contribution < 1.29 is 31.4 Å². The van der Waals surface area contributed by atoms with Gasteiger partial charge in [-0.2, -0.15) is 26.3 Å². The number of piperazine rings is 1. The van der Waals surface area contributed by atoms with Gasteiger partial charge in [-0.3, -0.25) is 4.90 Å². The van der Waals surface area contributed by atoms with Gasteiger partial charge in [-0.05, 0) is 54.8 Å². The fraction of sp³-hybridized carbons (Fsp3) is 0.333. The van der Waals surface area contributed by atoms with E-state index in [0.29, 0.717) is 31.9 Å². The Hall–Kier alpha value is -3.20. The topological polar surface area (TPSA) is 26.7 Å². The van der Waals surface area contributed by atoms with Crippen LogP contribution in [0.5, 0.6) is 5.75 Å². The number of phenols is 1. The van der Waals surface area contributed by atoms with Gasteiger partial charge in [0.15, 0.2) is 0 Å². The molecule has 1 fully saturated rings. The standard InChI is InChI=1S/C27H26F6N2O/c1-25(20-7-3-2-4-8-20,35-13-11-34(12-14-35)23-9-5-6-10-24(23)36)18-19-15-21(26(28,29)30)17-22(16-19)27(31,32)33/h2-10,15-17,36H,11-14,18H2,1H3. The van der Waals surface area contributed by atoms with Crippen molar-refractivity contribution >= 4 is 5.69 Å². The summed E-state index contributed by atoms with van der Waals surface area (Å²) >= 11 is 0. The van der Waals surface area contributed by atoms with E-state index < -0.39 is 29.0 Å². The molecule has 0 aliphatic carbocycles. The molecule has 1 aliphatic rings. The lowest BCUT2D eigenvalue weighted by molar-refractivity contribution is -0.143. The number of hydrogen-bond donors (Lipinski definition) is 1. The summed E-state index contributed by atoms with van der Waals surface area (Å²) in [4.78, 5) is 4.11. The SMILES string of the molecule is CC(Cc1cc(C(F)(F)F)cc(C(F)(F)F)c1)(c1ccccc1)N1CCN(c2ccccc2O)CC1. The molecule has 1 aliphatic heterocycles. The van der Waals surface area contributed by atoms with E-state index in [0.717, 1.165) is 17.7 Å². The third-order valence-corrected chi connectivity index (χ3v) is 6.79. The Kier molecular flexibility index (Phi) is 6.96. The van der Waals surface area contributed by atoms with E-state index in [-0.39, 0.29) is 23.8 Å². The molecule has 9 heteroatoms. The van der Waals surface area contributed by atoms with E-state index in [9.17, 15) is 31.4 Å². The fourth-order valence-corrected chi connectivity index (χ4v) is 4.88. The highest BCUT2D eigenvalue weighted by atomic mass is 19.4. The molecule has 192 valence electrons. The highest BCUT2D eigenvalue weighted by Gasteiger charge is 2.40. The van der Waals surface area contributed by atoms with Gasteiger partial charge in [0.25, 0.3) is 0 Å². The zero-order valence-corrected chi connectivity index (χ0v) is 19.6. The second-order valence-corrected chi connectivity index (χ2v) is 9.19. The number of alkyl halides is 6. The summed E-state index contributed by atoms with van der Waals surface area (Å²) in [7, 11) is 0. The Morgan fingerprint density at radius 2 is 1.22 bits per heavy atom. The number of rotatable bonds is 5. The maximum absolute atomic E-state index is 13.5. The number of benzene rings is 3. The van der Waals surface area contributed by atoms with Crippen LogP contribution in [0.15, 0.2) is 72.8 Å². The molecule has 0 aromatic heterocycles. The molecule has 3 nitrogen and oxygen atoms in total. The first-order chi connectivity index (χ1) is 16.9. The minimum Gasteiger partial charge on any atom is -0.506 e. The van der Waals surface area contributed by atoms with Crippen LogP contribution in [0.1, 0.15) is 29.2 Å². The van der Waals surface area contributed by atoms with Crippen LogP contribution >= 0.6 is 0 Å². The first-order valence-electron chi connectivity index (χ1n) is 11.5. The molecule has 1 saturated heterocycles. The Bertz CT molecular complexity index is 1150. The number of para-hydroxylation sites is 2. The van der Waals surface area contributed by atoms with Crippen molar-refractivity contribution in [1.82, 2.24) is 4.90 Å². The number of hydrogen-bond acceptors (Lipinski definition) is 3. The predicted octanol–water partition coefficient (Wildman–Crippen LogP) is 6.71. The molecule has 1 atom stereocenters. The normalized spacial score (nSPS) is 17.1. The van der Waals surface area contributed by atoms with Crippen LogP contribution in [-0.4, -0.2) is 36.2 Å². The molecule has 0 amide bonds. The van der Waals surface area contributed by atoms with Crippen molar-refractivity contribution in [2.24, 2.45) is 0 Å². The summed E-state index contributed by atoms with van der Waals surface area (Å²) in [6.45, 7) is 3.94. The van der Waals surface area contributed by atoms with Crippen molar-refractivity contribution in [3.63, 3.8) is 0 Å². The van der Waals surface area contributed by atoms with Gasteiger partial charge in [-0.1, -0.05) is 42.5 Å². The lowest BCUT2D eigenvalue weighted by atomic mass is 9.82. The number of halogens is 6. The Balaban J connectivity index is 1.68. The zero-order chi connectivity index (χ0) is 26.1. The molecule has 3 aromatic rings. The van der Waals surface area contributed by atoms with Crippen molar-refractivity contribution in [3.05, 3.63) is 95.1 Å². The highest BCUT2D eigenvalue weighted by molar-refractivity contribution is 5.57. The van der Waals surface area contributed by atoms with Crippen molar-refractivity contribution in [1.29, 1.82) is 0 Å². The van der Waals surface area contributed by atoms with Gasteiger partial charge in [0.2, 0.25) is 0 Å². The van der Waals surface area contributed by atoms with E-state index in [4.69, 9.17) is 0 Å². The molecule has 0 bridgehead atoms. The van der Waals surface area contributed by atoms with Crippen molar-refractivity contribution in [2.45, 2.75) is 31.2 Å². The number of aromatic hydroxyl groups is 1. The zero-order valence-electron chi connectivity index (χ0n) is 19.6. The smallest absolute Gasteiger partial charge is 0.416 e. The van der Waals surface area contributed by atoms with Crippen LogP contribution in [0.25, 0.3) is 0 Å². The lowest BCUT2D eigenvalue weighted by Gasteiger charge is -2.47. The molecule has 0 spiro atoms. The van der Waals surface area contributed by atoms with E-state index in [1.54, 1.807) is 24.3 Å². The Labute approximate surface area is 205 Å². The Morgan fingerprint density at radius 3 is 1.75 bits per heavy atom. The average Bonchev–Trinajstić information content (AvgIpc) is 2.84. The third-order valence-electron chi connectivity index (χ3n) is 6.79. The first-order valence-corrected chi connectivity index (χ1v) is 11.5. The van der Waals surface area contributed by atoms with Crippen LogP contribution in [0, 0.1) is 0 Å². The molecule has 4 rings (SSSR count). The molecule has 1 heterocycles. The van der Waals surface area contributed by atoms with Gasteiger partial charge in [0.1, 0.15) is 5.75 Å². The molecular formula is C27H26F6N2O. The molecule has 1 N–H and O–H groups in total. The number of nitrogens with zero attached hydrogens (tertiary/aromatic N) is 2.